The predicted molar refractivity (Wildman–Crippen MR) is 102 cm³/mol. The van der Waals surface area contributed by atoms with Crippen LogP contribution in [0.3, 0.4) is 0 Å². The quantitative estimate of drug-likeness (QED) is 0.275. The van der Waals surface area contributed by atoms with E-state index in [9.17, 15) is 4.57 Å². The van der Waals surface area contributed by atoms with Gasteiger partial charge in [-0.2, -0.15) is 0 Å². The largest absolute Gasteiger partial charge is 0.475 e. The first-order valence-corrected chi connectivity index (χ1v) is 10.3. The predicted octanol–water partition coefficient (Wildman–Crippen LogP) is 6.60. The first-order chi connectivity index (χ1) is 11.3. The van der Waals surface area contributed by atoms with Gasteiger partial charge in [-0.15, -0.1) is 0 Å². The van der Waals surface area contributed by atoms with Gasteiger partial charge in [0.25, 0.3) is 0 Å². The number of phosphoric acid groups is 1. The second-order valence-corrected chi connectivity index (χ2v) is 7.71. The van der Waals surface area contributed by atoms with Crippen LogP contribution in [0.4, 0.5) is 0 Å². The maximum Gasteiger partial charge on any atom is 0.475 e. The van der Waals surface area contributed by atoms with Crippen molar-refractivity contribution in [3.8, 4) is 0 Å². The van der Waals surface area contributed by atoms with Crippen molar-refractivity contribution >= 4 is 7.82 Å². The highest BCUT2D eigenvalue weighted by molar-refractivity contribution is 7.48. The van der Waals surface area contributed by atoms with E-state index in [1.54, 1.807) is 13.8 Å². The van der Waals surface area contributed by atoms with Gasteiger partial charge in [-0.3, -0.25) is 13.6 Å². The Labute approximate surface area is 148 Å². The lowest BCUT2D eigenvalue weighted by Gasteiger charge is -2.15. The van der Waals surface area contributed by atoms with E-state index < -0.39 is 7.82 Å². The van der Waals surface area contributed by atoms with Crippen LogP contribution in [-0.4, -0.2) is 19.8 Å². The molecule has 0 amide bonds. The fourth-order valence-electron chi connectivity index (χ4n) is 2.04. The molecule has 0 aliphatic heterocycles. The van der Waals surface area contributed by atoms with E-state index in [0.29, 0.717) is 13.2 Å². The van der Waals surface area contributed by atoms with Gasteiger partial charge in [-0.05, 0) is 67.2 Å². The Morgan fingerprint density at radius 1 is 0.792 bits per heavy atom. The lowest BCUT2D eigenvalue weighted by Crippen LogP contribution is -2.00. The van der Waals surface area contributed by atoms with Gasteiger partial charge in [0.1, 0.15) is 0 Å². The highest BCUT2D eigenvalue weighted by Crippen LogP contribution is 2.49. The lowest BCUT2D eigenvalue weighted by atomic mass is 10.1. The molecule has 5 heteroatoms. The second kappa shape index (κ2) is 13.6. The minimum Gasteiger partial charge on any atom is -0.287 e. The molecule has 4 nitrogen and oxygen atoms in total. The molecule has 0 aromatic rings. The molecule has 140 valence electrons. The summed E-state index contributed by atoms with van der Waals surface area (Å²) in [7, 11) is -3.40. The van der Waals surface area contributed by atoms with Crippen molar-refractivity contribution in [3.05, 3.63) is 34.9 Å². The Hall–Kier alpha value is -0.670. The Balaban J connectivity index is 4.18. The summed E-state index contributed by atoms with van der Waals surface area (Å²) in [5.74, 6) is 0. The van der Waals surface area contributed by atoms with Crippen LogP contribution in [0.5, 0.6) is 0 Å². The van der Waals surface area contributed by atoms with Gasteiger partial charge in [0.15, 0.2) is 0 Å². The molecule has 0 saturated carbocycles. The van der Waals surface area contributed by atoms with Crippen LogP contribution in [-0.2, 0) is 18.1 Å². The number of rotatable bonds is 13. The van der Waals surface area contributed by atoms with Crippen LogP contribution in [0.1, 0.15) is 67.2 Å². The van der Waals surface area contributed by atoms with Crippen molar-refractivity contribution < 1.29 is 18.1 Å². The van der Waals surface area contributed by atoms with Crippen LogP contribution < -0.4 is 0 Å². The van der Waals surface area contributed by atoms with Gasteiger partial charge in [-0.1, -0.05) is 34.9 Å². The third kappa shape index (κ3) is 12.7. The van der Waals surface area contributed by atoms with Gasteiger partial charge in [0.05, 0.1) is 19.8 Å². The summed E-state index contributed by atoms with van der Waals surface area (Å²) in [6.45, 7) is 12.9. The second-order valence-electron chi connectivity index (χ2n) is 6.04. The zero-order valence-corrected chi connectivity index (χ0v) is 17.2. The molecule has 0 bridgehead atoms. The van der Waals surface area contributed by atoms with E-state index in [1.165, 1.54) is 16.7 Å². The number of phosphoric ester groups is 1. The summed E-state index contributed by atoms with van der Waals surface area (Å²) in [5, 5.41) is 0. The monoisotopic (exact) mass is 358 g/mol. The molecule has 0 rings (SSSR count). The summed E-state index contributed by atoms with van der Waals surface area (Å²) in [5.41, 5.74) is 4.01. The molecule has 0 radical (unpaired) electrons. The van der Waals surface area contributed by atoms with E-state index in [1.807, 2.05) is 6.08 Å². The van der Waals surface area contributed by atoms with Crippen LogP contribution >= 0.6 is 7.82 Å². The van der Waals surface area contributed by atoms with Crippen molar-refractivity contribution in [2.45, 2.75) is 67.2 Å². The molecule has 0 atom stereocenters. The van der Waals surface area contributed by atoms with E-state index in [0.717, 1.165) is 25.7 Å². The first kappa shape index (κ1) is 23.3. The molecule has 0 heterocycles. The minimum atomic E-state index is -3.40. The molecule has 0 N–H and O–H groups in total. The Morgan fingerprint density at radius 3 is 1.79 bits per heavy atom. The van der Waals surface area contributed by atoms with Crippen molar-refractivity contribution in [1.82, 2.24) is 0 Å². The van der Waals surface area contributed by atoms with Crippen LogP contribution in [0.25, 0.3) is 0 Å². The average molecular weight is 358 g/mol. The van der Waals surface area contributed by atoms with E-state index in [4.69, 9.17) is 13.6 Å². The van der Waals surface area contributed by atoms with Gasteiger partial charge in [0, 0.05) is 0 Å². The van der Waals surface area contributed by atoms with Crippen molar-refractivity contribution in [3.63, 3.8) is 0 Å². The third-order valence-corrected chi connectivity index (χ3v) is 4.98. The Kier molecular flexibility index (Phi) is 13.2. The van der Waals surface area contributed by atoms with Crippen molar-refractivity contribution in [2.24, 2.45) is 0 Å². The molecule has 0 saturated heterocycles. The third-order valence-electron chi connectivity index (χ3n) is 3.36. The van der Waals surface area contributed by atoms with E-state index in [-0.39, 0.29) is 6.61 Å². The van der Waals surface area contributed by atoms with Gasteiger partial charge in [0.2, 0.25) is 0 Å². The topological polar surface area (TPSA) is 44.8 Å². The van der Waals surface area contributed by atoms with Crippen LogP contribution in [0.15, 0.2) is 34.9 Å². The summed E-state index contributed by atoms with van der Waals surface area (Å²) in [6.07, 6.45) is 10.7. The molecule has 0 unspecified atom stereocenters. The summed E-state index contributed by atoms with van der Waals surface area (Å²) in [6, 6.07) is 0. The number of hydrogen-bond acceptors (Lipinski definition) is 4. The van der Waals surface area contributed by atoms with Gasteiger partial charge >= 0.3 is 7.82 Å². The van der Waals surface area contributed by atoms with Crippen molar-refractivity contribution in [2.75, 3.05) is 19.8 Å². The molecule has 0 fully saturated rings. The smallest absolute Gasteiger partial charge is 0.287 e. The van der Waals surface area contributed by atoms with Gasteiger partial charge in [-0.25, -0.2) is 4.57 Å². The molecule has 0 aromatic carbocycles. The summed E-state index contributed by atoms with van der Waals surface area (Å²) < 4.78 is 27.6. The molecule has 0 spiro atoms. The maximum absolute atomic E-state index is 12.1. The highest BCUT2D eigenvalue weighted by Gasteiger charge is 2.24. The summed E-state index contributed by atoms with van der Waals surface area (Å²) >= 11 is 0. The number of hydrogen-bond donors (Lipinski definition) is 0. The Bertz CT molecular complexity index is 464. The molecule has 0 aromatic heterocycles. The molecule has 0 aliphatic rings. The number of allylic oxidation sites excluding steroid dienone is 5. The molecule has 24 heavy (non-hydrogen) atoms. The van der Waals surface area contributed by atoms with Crippen molar-refractivity contribution in [1.29, 1.82) is 0 Å². The standard InChI is InChI=1S/C19H35O4P/c1-7-21-24(20,22-8-2)23-16-15-19(6)14-10-13-18(5)12-9-11-17(3)4/h11,13,15H,7-10,12,14,16H2,1-6H3/b18-13+,19-15+. The average Bonchev–Trinajstić information content (AvgIpc) is 2.47. The van der Waals surface area contributed by atoms with Gasteiger partial charge < -0.3 is 0 Å². The summed E-state index contributed by atoms with van der Waals surface area (Å²) in [4.78, 5) is 0. The first-order valence-electron chi connectivity index (χ1n) is 8.81. The van der Waals surface area contributed by atoms with E-state index >= 15 is 0 Å². The normalized spacial score (nSPS) is 13.2. The zero-order valence-electron chi connectivity index (χ0n) is 16.3. The fraction of sp³-hybridized carbons (Fsp3) is 0.684. The Morgan fingerprint density at radius 2 is 1.29 bits per heavy atom. The van der Waals surface area contributed by atoms with Crippen LogP contribution in [0.2, 0.25) is 0 Å². The van der Waals surface area contributed by atoms with E-state index in [2.05, 4.69) is 39.8 Å². The SMILES string of the molecule is CCOP(=O)(OCC)OC/C=C(\C)CC/C=C(\C)CCC=C(C)C. The lowest BCUT2D eigenvalue weighted by molar-refractivity contribution is 0.131. The molecular weight excluding hydrogens is 323 g/mol. The molecular formula is C19H35O4P. The molecule has 0 aliphatic carbocycles. The highest BCUT2D eigenvalue weighted by atomic mass is 31.2. The fourth-order valence-corrected chi connectivity index (χ4v) is 3.15. The zero-order chi connectivity index (χ0) is 18.4. The minimum absolute atomic E-state index is 0.242. The van der Waals surface area contributed by atoms with Crippen LogP contribution in [0, 0.1) is 0 Å². The maximum atomic E-state index is 12.1.